The maximum Gasteiger partial charge on any atom is 0.344 e. The second-order valence-corrected chi connectivity index (χ2v) is 5.03. The largest absolute Gasteiger partial charge is 0.460 e. The second-order valence-electron chi connectivity index (χ2n) is 5.03. The highest BCUT2D eigenvalue weighted by Gasteiger charge is 2.40. The number of ether oxygens (including phenoxy) is 2. The van der Waals surface area contributed by atoms with Crippen LogP contribution in [0, 0.1) is 17.8 Å². The van der Waals surface area contributed by atoms with Crippen molar-refractivity contribution in [2.75, 3.05) is 6.61 Å². The lowest BCUT2D eigenvalue weighted by atomic mass is 9.94. The quantitative estimate of drug-likeness (QED) is 0.552. The topological polar surface area (TPSA) is 52.6 Å². The van der Waals surface area contributed by atoms with E-state index in [1.165, 1.54) is 0 Å². The first-order valence-electron chi connectivity index (χ1n) is 6.10. The standard InChI is InChI=1S/C13H18O4/c1-8(2)17-12(14)7-16-13(15)11-6-9-3-4-10(11)5-9/h3-4,8-11H,5-7H2,1-2H3. The molecule has 2 aliphatic rings. The summed E-state index contributed by atoms with van der Waals surface area (Å²) < 4.78 is 9.89. The zero-order valence-electron chi connectivity index (χ0n) is 10.2. The lowest BCUT2D eigenvalue weighted by Crippen LogP contribution is -2.25. The smallest absolute Gasteiger partial charge is 0.344 e. The lowest BCUT2D eigenvalue weighted by molar-refractivity contribution is -0.163. The molecule has 0 saturated heterocycles. The summed E-state index contributed by atoms with van der Waals surface area (Å²) in [6, 6.07) is 0. The molecule has 0 amide bonds. The molecule has 0 aromatic heterocycles. The summed E-state index contributed by atoms with van der Waals surface area (Å²) in [5.41, 5.74) is 0. The van der Waals surface area contributed by atoms with Gasteiger partial charge in [0.2, 0.25) is 0 Å². The highest BCUT2D eigenvalue weighted by Crippen LogP contribution is 2.43. The van der Waals surface area contributed by atoms with E-state index in [0.29, 0.717) is 11.8 Å². The number of rotatable bonds is 4. The molecule has 3 atom stereocenters. The number of fused-ring (bicyclic) bond motifs is 2. The molecule has 0 aliphatic heterocycles. The third-order valence-corrected chi connectivity index (χ3v) is 3.28. The Morgan fingerprint density at radius 1 is 1.29 bits per heavy atom. The van der Waals surface area contributed by atoms with Gasteiger partial charge in [0.1, 0.15) is 0 Å². The summed E-state index contributed by atoms with van der Waals surface area (Å²) in [6.45, 7) is 3.26. The summed E-state index contributed by atoms with van der Waals surface area (Å²) in [4.78, 5) is 23.0. The Labute approximate surface area is 101 Å². The number of carbonyl (C=O) groups is 2. The molecule has 2 rings (SSSR count). The Morgan fingerprint density at radius 3 is 2.59 bits per heavy atom. The molecule has 0 heterocycles. The van der Waals surface area contributed by atoms with E-state index in [4.69, 9.17) is 9.47 Å². The van der Waals surface area contributed by atoms with Crippen LogP contribution in [-0.4, -0.2) is 24.6 Å². The molecule has 94 valence electrons. The monoisotopic (exact) mass is 238 g/mol. The van der Waals surface area contributed by atoms with Crippen molar-refractivity contribution in [3.05, 3.63) is 12.2 Å². The van der Waals surface area contributed by atoms with E-state index in [9.17, 15) is 9.59 Å². The van der Waals surface area contributed by atoms with Gasteiger partial charge in [-0.25, -0.2) is 4.79 Å². The molecule has 0 spiro atoms. The molecule has 4 nitrogen and oxygen atoms in total. The van der Waals surface area contributed by atoms with Crippen LogP contribution in [0.2, 0.25) is 0 Å². The van der Waals surface area contributed by atoms with Crippen molar-refractivity contribution in [2.45, 2.75) is 32.8 Å². The number of hydrogen-bond acceptors (Lipinski definition) is 4. The summed E-state index contributed by atoms with van der Waals surface area (Å²) >= 11 is 0. The molecule has 4 heteroatoms. The third kappa shape index (κ3) is 2.87. The van der Waals surface area contributed by atoms with Gasteiger partial charge in [-0.15, -0.1) is 0 Å². The second kappa shape index (κ2) is 4.90. The van der Waals surface area contributed by atoms with Gasteiger partial charge in [0, 0.05) is 0 Å². The van der Waals surface area contributed by atoms with Gasteiger partial charge in [0.05, 0.1) is 12.0 Å². The Bertz CT molecular complexity index is 345. The number of esters is 2. The van der Waals surface area contributed by atoms with Crippen molar-refractivity contribution in [3.63, 3.8) is 0 Å². The summed E-state index contributed by atoms with van der Waals surface area (Å²) in [6.07, 6.45) is 6.00. The number of allylic oxidation sites excluding steroid dienone is 2. The van der Waals surface area contributed by atoms with Crippen molar-refractivity contribution in [2.24, 2.45) is 17.8 Å². The molecular formula is C13H18O4. The summed E-state index contributed by atoms with van der Waals surface area (Å²) in [5, 5.41) is 0. The summed E-state index contributed by atoms with van der Waals surface area (Å²) in [7, 11) is 0. The van der Waals surface area contributed by atoms with Crippen molar-refractivity contribution < 1.29 is 19.1 Å². The molecule has 0 radical (unpaired) electrons. The molecule has 2 aliphatic carbocycles. The minimum absolute atomic E-state index is 0.0585. The third-order valence-electron chi connectivity index (χ3n) is 3.28. The van der Waals surface area contributed by atoms with Crippen LogP contribution < -0.4 is 0 Å². The molecule has 0 aromatic carbocycles. The molecule has 0 aromatic rings. The first-order chi connectivity index (χ1) is 8.06. The van der Waals surface area contributed by atoms with Crippen molar-refractivity contribution in [1.82, 2.24) is 0 Å². The van der Waals surface area contributed by atoms with Crippen LogP contribution in [0.5, 0.6) is 0 Å². The highest BCUT2D eigenvalue weighted by atomic mass is 16.6. The van der Waals surface area contributed by atoms with Gasteiger partial charge in [-0.1, -0.05) is 12.2 Å². The van der Waals surface area contributed by atoms with Gasteiger partial charge >= 0.3 is 11.9 Å². The van der Waals surface area contributed by atoms with Gasteiger partial charge in [-0.05, 0) is 38.5 Å². The minimum atomic E-state index is -0.480. The zero-order valence-corrected chi connectivity index (χ0v) is 10.2. The molecule has 17 heavy (non-hydrogen) atoms. The van der Waals surface area contributed by atoms with E-state index in [1.54, 1.807) is 13.8 Å². The first-order valence-corrected chi connectivity index (χ1v) is 6.10. The van der Waals surface area contributed by atoms with Gasteiger partial charge in [-0.3, -0.25) is 4.79 Å². The fourth-order valence-electron chi connectivity index (χ4n) is 2.59. The maximum atomic E-state index is 11.8. The number of hydrogen-bond donors (Lipinski definition) is 0. The Morgan fingerprint density at radius 2 is 2.06 bits per heavy atom. The van der Waals surface area contributed by atoms with Crippen LogP contribution in [0.1, 0.15) is 26.7 Å². The van der Waals surface area contributed by atoms with Crippen LogP contribution in [0.25, 0.3) is 0 Å². The Kier molecular flexibility index (Phi) is 3.50. The van der Waals surface area contributed by atoms with Crippen molar-refractivity contribution >= 4 is 11.9 Å². The van der Waals surface area contributed by atoms with E-state index in [2.05, 4.69) is 12.2 Å². The van der Waals surface area contributed by atoms with E-state index in [-0.39, 0.29) is 24.6 Å². The molecular weight excluding hydrogens is 220 g/mol. The zero-order chi connectivity index (χ0) is 12.4. The fourth-order valence-corrected chi connectivity index (χ4v) is 2.59. The number of carbonyl (C=O) groups excluding carboxylic acids is 2. The van der Waals surface area contributed by atoms with Crippen LogP contribution in [0.15, 0.2) is 12.2 Å². The molecule has 2 bridgehead atoms. The Balaban J connectivity index is 1.75. The van der Waals surface area contributed by atoms with Gasteiger partial charge in [0.25, 0.3) is 0 Å². The van der Waals surface area contributed by atoms with Crippen molar-refractivity contribution in [1.29, 1.82) is 0 Å². The SMILES string of the molecule is CC(C)OC(=O)COC(=O)C1CC2C=CC1C2. The minimum Gasteiger partial charge on any atom is -0.460 e. The fraction of sp³-hybridized carbons (Fsp3) is 0.692. The van der Waals surface area contributed by atoms with Crippen LogP contribution in [0.3, 0.4) is 0 Å². The Hall–Kier alpha value is -1.32. The predicted octanol–water partition coefficient (Wildman–Crippen LogP) is 1.69. The maximum absolute atomic E-state index is 11.8. The van der Waals surface area contributed by atoms with Gasteiger partial charge < -0.3 is 9.47 Å². The van der Waals surface area contributed by atoms with Crippen molar-refractivity contribution in [3.8, 4) is 0 Å². The average Bonchev–Trinajstić information content (AvgIpc) is 2.86. The van der Waals surface area contributed by atoms with Crippen LogP contribution in [-0.2, 0) is 19.1 Å². The molecule has 1 saturated carbocycles. The molecule has 1 fully saturated rings. The molecule has 0 N–H and O–H groups in total. The van der Waals surface area contributed by atoms with E-state index in [0.717, 1.165) is 12.8 Å². The normalized spacial score (nSPS) is 29.7. The highest BCUT2D eigenvalue weighted by molar-refractivity contribution is 5.78. The predicted molar refractivity (Wildman–Crippen MR) is 61.0 cm³/mol. The summed E-state index contributed by atoms with van der Waals surface area (Å²) in [5.74, 6) is 0.0419. The van der Waals surface area contributed by atoms with Crippen LogP contribution in [0.4, 0.5) is 0 Å². The molecule has 3 unspecified atom stereocenters. The van der Waals surface area contributed by atoms with E-state index >= 15 is 0 Å². The van der Waals surface area contributed by atoms with E-state index < -0.39 is 5.97 Å². The first kappa shape index (κ1) is 12.1. The van der Waals surface area contributed by atoms with Crippen LogP contribution >= 0.6 is 0 Å². The van der Waals surface area contributed by atoms with Gasteiger partial charge in [-0.2, -0.15) is 0 Å². The average molecular weight is 238 g/mol. The van der Waals surface area contributed by atoms with E-state index in [1.807, 2.05) is 0 Å². The lowest BCUT2D eigenvalue weighted by Gasteiger charge is -2.16. The van der Waals surface area contributed by atoms with Gasteiger partial charge in [0.15, 0.2) is 6.61 Å².